The summed E-state index contributed by atoms with van der Waals surface area (Å²) in [7, 11) is -3.82. The Morgan fingerprint density at radius 2 is 2.06 bits per heavy atom. The van der Waals surface area contributed by atoms with Crippen LogP contribution in [0.15, 0.2) is 46.1 Å². The number of aryl methyl sites for hydroxylation is 2. The number of hydrogen-bond acceptors (Lipinski definition) is 5. The quantitative estimate of drug-likeness (QED) is 0.459. The lowest BCUT2D eigenvalue weighted by Gasteiger charge is -2.31. The molecule has 0 aliphatic carbocycles. The average Bonchev–Trinajstić information content (AvgIpc) is 3.33. The lowest BCUT2D eigenvalue weighted by molar-refractivity contribution is -0.122. The zero-order valence-electron chi connectivity index (χ0n) is 17.9. The highest BCUT2D eigenvalue weighted by Crippen LogP contribution is 2.32. The minimum atomic E-state index is -3.82. The van der Waals surface area contributed by atoms with Gasteiger partial charge in [0.25, 0.3) is 15.9 Å². The monoisotopic (exact) mass is 509 g/mol. The molecule has 1 aliphatic heterocycles. The molecule has 0 bridgehead atoms. The average molecular weight is 510 g/mol. The van der Waals surface area contributed by atoms with E-state index in [1.54, 1.807) is 12.1 Å². The van der Waals surface area contributed by atoms with Crippen LogP contribution in [0.25, 0.3) is 10.2 Å². The summed E-state index contributed by atoms with van der Waals surface area (Å²) >= 11 is 8.41. The molecule has 1 saturated heterocycles. The van der Waals surface area contributed by atoms with Gasteiger partial charge in [-0.25, -0.2) is 8.42 Å². The summed E-state index contributed by atoms with van der Waals surface area (Å²) in [6.07, 6.45) is 3.71. The van der Waals surface area contributed by atoms with Gasteiger partial charge in [-0.15, -0.1) is 17.9 Å². The second-order valence-electron chi connectivity index (χ2n) is 7.85. The molecule has 1 aliphatic rings. The molecule has 3 aromatic rings. The maximum atomic E-state index is 13.3. The Labute approximate surface area is 200 Å². The molecule has 0 N–H and O–H groups in total. The van der Waals surface area contributed by atoms with Gasteiger partial charge in [0.15, 0.2) is 4.80 Å². The van der Waals surface area contributed by atoms with Gasteiger partial charge in [0.05, 0.1) is 14.6 Å². The SMILES string of the molecule is C=CCn1c(=NC(=O)C2CCCCN2S(=O)(=O)c2ccc(Cl)s2)sc2c(C)cc(C)cc21. The van der Waals surface area contributed by atoms with E-state index < -0.39 is 22.0 Å². The number of hydrogen-bond donors (Lipinski definition) is 0. The fraction of sp³-hybridized carbons (Fsp3) is 0.364. The normalized spacial score (nSPS) is 18.3. The van der Waals surface area contributed by atoms with Gasteiger partial charge < -0.3 is 4.57 Å². The number of piperidine rings is 1. The van der Waals surface area contributed by atoms with Crippen LogP contribution in [0.5, 0.6) is 0 Å². The van der Waals surface area contributed by atoms with Gasteiger partial charge in [-0.2, -0.15) is 9.30 Å². The third-order valence-electron chi connectivity index (χ3n) is 5.48. The molecular weight excluding hydrogens is 486 g/mol. The number of amides is 1. The molecule has 0 radical (unpaired) electrons. The van der Waals surface area contributed by atoms with Crippen LogP contribution in [0, 0.1) is 13.8 Å². The Balaban J connectivity index is 1.78. The van der Waals surface area contributed by atoms with Gasteiger partial charge in [0, 0.05) is 13.1 Å². The Morgan fingerprint density at radius 3 is 2.75 bits per heavy atom. The first-order chi connectivity index (χ1) is 15.2. The first-order valence-electron chi connectivity index (χ1n) is 10.3. The van der Waals surface area contributed by atoms with Crippen molar-refractivity contribution in [3.8, 4) is 0 Å². The fourth-order valence-electron chi connectivity index (χ4n) is 4.06. The number of carbonyl (C=O) groups excluding carboxylic acids is 1. The maximum absolute atomic E-state index is 13.3. The summed E-state index contributed by atoms with van der Waals surface area (Å²) in [6, 6.07) is 6.41. The number of thiophene rings is 1. The molecule has 0 spiro atoms. The van der Waals surface area contributed by atoms with E-state index in [4.69, 9.17) is 11.6 Å². The van der Waals surface area contributed by atoms with E-state index in [0.717, 1.165) is 39.1 Å². The van der Waals surface area contributed by atoms with E-state index >= 15 is 0 Å². The lowest BCUT2D eigenvalue weighted by atomic mass is 10.0. The van der Waals surface area contributed by atoms with Crippen LogP contribution >= 0.6 is 34.3 Å². The predicted octanol–water partition coefficient (Wildman–Crippen LogP) is 4.89. The fourth-order valence-corrected chi connectivity index (χ4v) is 8.42. The molecular formula is C22H24ClN3O3S3. The van der Waals surface area contributed by atoms with Gasteiger partial charge in [0.2, 0.25) is 0 Å². The van der Waals surface area contributed by atoms with Gasteiger partial charge in [0.1, 0.15) is 10.3 Å². The minimum Gasteiger partial charge on any atom is -0.312 e. The van der Waals surface area contributed by atoms with Crippen LogP contribution in [-0.2, 0) is 21.4 Å². The van der Waals surface area contributed by atoms with E-state index in [9.17, 15) is 13.2 Å². The third-order valence-corrected chi connectivity index (χ3v) is 10.3. The van der Waals surface area contributed by atoms with Crippen LogP contribution in [0.2, 0.25) is 4.34 Å². The van der Waals surface area contributed by atoms with Gasteiger partial charge in [-0.05, 0) is 56.0 Å². The highest BCUT2D eigenvalue weighted by molar-refractivity contribution is 7.91. The first kappa shape index (κ1) is 23.4. The zero-order chi connectivity index (χ0) is 23.0. The molecule has 1 unspecified atom stereocenters. The molecule has 1 fully saturated rings. The second kappa shape index (κ2) is 9.23. The number of rotatable bonds is 5. The van der Waals surface area contributed by atoms with Crippen molar-refractivity contribution in [2.75, 3.05) is 6.54 Å². The summed E-state index contributed by atoms with van der Waals surface area (Å²) in [6.45, 7) is 8.71. The predicted molar refractivity (Wildman–Crippen MR) is 131 cm³/mol. The van der Waals surface area contributed by atoms with Crippen molar-refractivity contribution in [2.45, 2.75) is 49.9 Å². The Hall–Kier alpha value is -1.78. The van der Waals surface area contributed by atoms with Gasteiger partial charge >= 0.3 is 0 Å². The third kappa shape index (κ3) is 4.36. The second-order valence-corrected chi connectivity index (χ2v) is 12.7. The summed E-state index contributed by atoms with van der Waals surface area (Å²) in [5.74, 6) is -0.435. The Kier molecular flexibility index (Phi) is 6.74. The lowest BCUT2D eigenvalue weighted by Crippen LogP contribution is -2.47. The van der Waals surface area contributed by atoms with Crippen LogP contribution in [0.3, 0.4) is 0 Å². The van der Waals surface area contributed by atoms with Crippen molar-refractivity contribution in [3.63, 3.8) is 0 Å². The molecule has 1 amide bonds. The summed E-state index contributed by atoms with van der Waals surface area (Å²) in [5.41, 5.74) is 3.25. The number of nitrogens with zero attached hydrogens (tertiary/aromatic N) is 3. The van der Waals surface area contributed by atoms with E-state index in [1.807, 2.05) is 18.4 Å². The highest BCUT2D eigenvalue weighted by Gasteiger charge is 2.38. The zero-order valence-corrected chi connectivity index (χ0v) is 21.1. The molecule has 4 rings (SSSR count). The summed E-state index contributed by atoms with van der Waals surface area (Å²) < 4.78 is 31.3. The molecule has 10 heteroatoms. The number of sulfonamides is 1. The van der Waals surface area contributed by atoms with Crippen molar-refractivity contribution in [1.29, 1.82) is 0 Å². The number of fused-ring (bicyclic) bond motifs is 1. The van der Waals surface area contributed by atoms with Crippen LogP contribution in [0.4, 0.5) is 0 Å². The van der Waals surface area contributed by atoms with Gasteiger partial charge in [-0.3, -0.25) is 4.79 Å². The number of halogens is 1. The van der Waals surface area contributed by atoms with Crippen molar-refractivity contribution in [3.05, 3.63) is 57.2 Å². The van der Waals surface area contributed by atoms with E-state index in [0.29, 0.717) is 35.1 Å². The Bertz CT molecular complexity index is 1370. The van der Waals surface area contributed by atoms with Crippen LogP contribution < -0.4 is 4.80 Å². The van der Waals surface area contributed by atoms with Crippen LogP contribution in [-0.4, -0.2) is 35.8 Å². The summed E-state index contributed by atoms with van der Waals surface area (Å²) in [5, 5.41) is 0. The molecule has 1 atom stereocenters. The number of allylic oxidation sites excluding steroid dienone is 1. The molecule has 6 nitrogen and oxygen atoms in total. The smallest absolute Gasteiger partial charge is 0.266 e. The van der Waals surface area contributed by atoms with E-state index in [-0.39, 0.29) is 4.21 Å². The maximum Gasteiger partial charge on any atom is 0.266 e. The van der Waals surface area contributed by atoms with Crippen molar-refractivity contribution in [1.82, 2.24) is 8.87 Å². The first-order valence-corrected chi connectivity index (χ1v) is 13.7. The molecule has 0 saturated carbocycles. The van der Waals surface area contributed by atoms with Crippen molar-refractivity contribution < 1.29 is 13.2 Å². The van der Waals surface area contributed by atoms with E-state index in [2.05, 4.69) is 23.7 Å². The molecule has 32 heavy (non-hydrogen) atoms. The number of benzene rings is 1. The van der Waals surface area contributed by atoms with Gasteiger partial charge in [-0.1, -0.05) is 41.5 Å². The van der Waals surface area contributed by atoms with Crippen molar-refractivity contribution >= 4 is 60.4 Å². The molecule has 2 aromatic heterocycles. The number of thiazole rings is 1. The molecule has 1 aromatic carbocycles. The number of aromatic nitrogens is 1. The highest BCUT2D eigenvalue weighted by atomic mass is 35.5. The number of carbonyl (C=O) groups is 1. The standard InChI is InChI=1S/C22H24ClN3O3S3/c1-4-10-25-17-13-14(2)12-15(3)20(17)31-22(25)24-21(27)16-7-5-6-11-26(16)32(28,29)19-9-8-18(23)30-19/h4,8-9,12-13,16H,1,5-7,10-11H2,2-3H3. The molecule has 170 valence electrons. The topological polar surface area (TPSA) is 71.7 Å². The van der Waals surface area contributed by atoms with Crippen molar-refractivity contribution in [2.24, 2.45) is 4.99 Å². The minimum absolute atomic E-state index is 0.150. The Morgan fingerprint density at radius 1 is 1.28 bits per heavy atom. The summed E-state index contributed by atoms with van der Waals surface area (Å²) in [4.78, 5) is 18.3. The largest absolute Gasteiger partial charge is 0.312 e. The molecule has 3 heterocycles. The van der Waals surface area contributed by atoms with Crippen LogP contribution in [0.1, 0.15) is 30.4 Å². The van der Waals surface area contributed by atoms with E-state index in [1.165, 1.54) is 21.7 Å².